The molecule has 3 aromatic rings. The average Bonchev–Trinajstić information content (AvgIpc) is 3.21. The van der Waals surface area contributed by atoms with Gasteiger partial charge in [-0.15, -0.1) is 0 Å². The number of benzene rings is 1. The van der Waals surface area contributed by atoms with Crippen LogP contribution >= 0.6 is 0 Å². The molecular formula is C18H21N5O4. The summed E-state index contributed by atoms with van der Waals surface area (Å²) < 4.78 is 15.7. The molecule has 2 aromatic heterocycles. The Morgan fingerprint density at radius 3 is 2.67 bits per heavy atom. The van der Waals surface area contributed by atoms with Gasteiger partial charge < -0.3 is 29.8 Å². The van der Waals surface area contributed by atoms with Gasteiger partial charge in [0.1, 0.15) is 5.82 Å². The third-order valence-corrected chi connectivity index (χ3v) is 4.04. The summed E-state index contributed by atoms with van der Waals surface area (Å²) in [6.07, 6.45) is 1.45. The molecule has 0 aliphatic rings. The number of fused-ring (bicyclic) bond motifs is 1. The fraction of sp³-hybridized carbons (Fsp3) is 0.278. The minimum Gasteiger partial charge on any atom is -0.493 e. The van der Waals surface area contributed by atoms with Gasteiger partial charge in [-0.1, -0.05) is 0 Å². The number of nitrogens with one attached hydrogen (secondary N) is 1. The van der Waals surface area contributed by atoms with Gasteiger partial charge in [0, 0.05) is 31.6 Å². The number of methoxy groups -OCH3 is 2. The molecule has 0 saturated heterocycles. The van der Waals surface area contributed by atoms with Crippen molar-refractivity contribution in [1.82, 2.24) is 15.3 Å². The molecule has 0 aliphatic carbocycles. The Bertz CT molecular complexity index is 943. The van der Waals surface area contributed by atoms with Crippen LogP contribution < -0.4 is 25.4 Å². The third kappa shape index (κ3) is 3.86. The van der Waals surface area contributed by atoms with Crippen molar-refractivity contribution in [3.05, 3.63) is 36.3 Å². The van der Waals surface area contributed by atoms with E-state index < -0.39 is 0 Å². The second-order valence-electron chi connectivity index (χ2n) is 5.79. The Morgan fingerprint density at radius 2 is 2.00 bits per heavy atom. The zero-order valence-corrected chi connectivity index (χ0v) is 15.4. The van der Waals surface area contributed by atoms with Gasteiger partial charge in [0.2, 0.25) is 5.95 Å². The highest BCUT2D eigenvalue weighted by Gasteiger charge is 2.14. The topological polar surface area (TPSA) is 116 Å². The van der Waals surface area contributed by atoms with Crippen molar-refractivity contribution in [2.45, 2.75) is 0 Å². The number of nitrogens with zero attached hydrogens (tertiary/aromatic N) is 3. The first-order valence-corrected chi connectivity index (χ1v) is 8.25. The van der Waals surface area contributed by atoms with Gasteiger partial charge >= 0.3 is 0 Å². The first-order chi connectivity index (χ1) is 13.0. The smallest absolute Gasteiger partial charge is 0.287 e. The van der Waals surface area contributed by atoms with Gasteiger partial charge in [0.25, 0.3) is 5.91 Å². The standard InChI is InChI=1S/C18H21N5O4/c1-23(7-6-20-17(24)13-5-4-8-27-13)18-21-12-10-15(26-3)14(25-2)9-11(12)16(19)22-18/h4-5,8-10H,6-7H2,1-3H3,(H,20,24)(H2,19,21,22). The molecule has 0 saturated carbocycles. The van der Waals surface area contributed by atoms with Crippen LogP contribution in [-0.4, -0.2) is 50.2 Å². The summed E-state index contributed by atoms with van der Waals surface area (Å²) in [5, 5.41) is 3.45. The van der Waals surface area contributed by atoms with Crippen LogP contribution in [-0.2, 0) is 0 Å². The molecule has 1 amide bonds. The van der Waals surface area contributed by atoms with Crippen LogP contribution in [0.5, 0.6) is 11.5 Å². The summed E-state index contributed by atoms with van der Waals surface area (Å²) >= 11 is 0. The number of rotatable bonds is 7. The van der Waals surface area contributed by atoms with Gasteiger partial charge in [0.15, 0.2) is 17.3 Å². The first-order valence-electron chi connectivity index (χ1n) is 8.25. The number of ether oxygens (including phenoxy) is 2. The van der Waals surface area contributed by atoms with E-state index in [0.29, 0.717) is 47.3 Å². The number of nitrogens with two attached hydrogens (primary N) is 1. The molecule has 0 unspecified atom stereocenters. The van der Waals surface area contributed by atoms with Crippen LogP contribution in [0, 0.1) is 0 Å². The Balaban J connectivity index is 1.74. The lowest BCUT2D eigenvalue weighted by Crippen LogP contribution is -2.33. The number of carbonyl (C=O) groups is 1. The van der Waals surface area contributed by atoms with Crippen LogP contribution in [0.1, 0.15) is 10.6 Å². The minimum atomic E-state index is -0.274. The van der Waals surface area contributed by atoms with Crippen molar-refractivity contribution < 1.29 is 18.7 Å². The maximum absolute atomic E-state index is 11.9. The van der Waals surface area contributed by atoms with E-state index in [4.69, 9.17) is 19.6 Å². The zero-order valence-electron chi connectivity index (χ0n) is 15.4. The fourth-order valence-corrected chi connectivity index (χ4v) is 2.57. The second-order valence-corrected chi connectivity index (χ2v) is 5.79. The fourth-order valence-electron chi connectivity index (χ4n) is 2.57. The molecule has 0 fully saturated rings. The first kappa shape index (κ1) is 18.3. The summed E-state index contributed by atoms with van der Waals surface area (Å²) in [5.74, 6) is 1.89. The molecule has 142 valence electrons. The molecule has 0 spiro atoms. The number of nitrogen functional groups attached to an aromatic ring is 1. The molecule has 0 bridgehead atoms. The lowest BCUT2D eigenvalue weighted by molar-refractivity contribution is 0.0927. The van der Waals surface area contributed by atoms with Crippen molar-refractivity contribution in [2.24, 2.45) is 0 Å². The molecule has 2 heterocycles. The van der Waals surface area contributed by atoms with Gasteiger partial charge in [-0.3, -0.25) is 4.79 Å². The largest absolute Gasteiger partial charge is 0.493 e. The highest BCUT2D eigenvalue weighted by molar-refractivity contribution is 5.92. The summed E-state index contributed by atoms with van der Waals surface area (Å²) in [4.78, 5) is 22.6. The van der Waals surface area contributed by atoms with Crippen molar-refractivity contribution in [2.75, 3.05) is 45.0 Å². The van der Waals surface area contributed by atoms with Crippen LogP contribution in [0.4, 0.5) is 11.8 Å². The average molecular weight is 371 g/mol. The quantitative estimate of drug-likeness (QED) is 0.645. The zero-order chi connectivity index (χ0) is 19.4. The molecule has 0 aliphatic heterocycles. The number of aromatic nitrogens is 2. The van der Waals surface area contributed by atoms with E-state index in [1.54, 1.807) is 43.4 Å². The van der Waals surface area contributed by atoms with Gasteiger partial charge in [-0.25, -0.2) is 4.98 Å². The minimum absolute atomic E-state index is 0.268. The Kier molecular flexibility index (Phi) is 5.30. The van der Waals surface area contributed by atoms with Crippen molar-refractivity contribution >= 4 is 28.6 Å². The normalized spacial score (nSPS) is 10.6. The number of likely N-dealkylation sites (N-methyl/N-ethyl adjacent to an activating group) is 1. The summed E-state index contributed by atoms with van der Waals surface area (Å²) in [6, 6.07) is 6.77. The van der Waals surface area contributed by atoms with Crippen LogP contribution in [0.25, 0.3) is 10.9 Å². The Hall–Kier alpha value is -3.49. The predicted molar refractivity (Wildman–Crippen MR) is 101 cm³/mol. The number of hydrogen-bond donors (Lipinski definition) is 2. The lowest BCUT2D eigenvalue weighted by atomic mass is 10.2. The molecule has 3 rings (SSSR count). The van der Waals surface area contributed by atoms with Gasteiger partial charge in [-0.2, -0.15) is 4.98 Å². The summed E-state index contributed by atoms with van der Waals surface area (Å²) in [6.45, 7) is 0.883. The molecule has 1 aromatic carbocycles. The second kappa shape index (κ2) is 7.81. The van der Waals surface area contributed by atoms with E-state index in [-0.39, 0.29) is 11.7 Å². The van der Waals surface area contributed by atoms with E-state index >= 15 is 0 Å². The van der Waals surface area contributed by atoms with Crippen LogP contribution in [0.15, 0.2) is 34.9 Å². The van der Waals surface area contributed by atoms with E-state index in [1.165, 1.54) is 6.26 Å². The summed E-state index contributed by atoms with van der Waals surface area (Å²) in [5.41, 5.74) is 6.74. The summed E-state index contributed by atoms with van der Waals surface area (Å²) in [7, 11) is 4.93. The Labute approximate surface area is 156 Å². The number of furan rings is 1. The Morgan fingerprint density at radius 1 is 1.26 bits per heavy atom. The highest BCUT2D eigenvalue weighted by Crippen LogP contribution is 2.33. The number of anilines is 2. The van der Waals surface area contributed by atoms with E-state index in [2.05, 4.69) is 15.3 Å². The van der Waals surface area contributed by atoms with E-state index in [9.17, 15) is 4.79 Å². The maximum Gasteiger partial charge on any atom is 0.287 e. The molecule has 9 nitrogen and oxygen atoms in total. The maximum atomic E-state index is 11.9. The monoisotopic (exact) mass is 371 g/mol. The van der Waals surface area contributed by atoms with Crippen molar-refractivity contribution in [1.29, 1.82) is 0 Å². The van der Waals surface area contributed by atoms with Gasteiger partial charge in [-0.05, 0) is 18.2 Å². The molecule has 9 heteroatoms. The van der Waals surface area contributed by atoms with E-state index in [1.807, 2.05) is 7.05 Å². The van der Waals surface area contributed by atoms with Crippen molar-refractivity contribution in [3.8, 4) is 11.5 Å². The number of carbonyl (C=O) groups excluding carboxylic acids is 1. The SMILES string of the molecule is COc1cc2nc(N(C)CCNC(=O)c3ccco3)nc(N)c2cc1OC. The van der Waals surface area contributed by atoms with Crippen LogP contribution in [0.3, 0.4) is 0 Å². The molecule has 27 heavy (non-hydrogen) atoms. The number of hydrogen-bond acceptors (Lipinski definition) is 8. The molecule has 3 N–H and O–H groups in total. The predicted octanol–water partition coefficient (Wildman–Crippen LogP) is 1.69. The van der Waals surface area contributed by atoms with Crippen LogP contribution in [0.2, 0.25) is 0 Å². The molecular weight excluding hydrogens is 350 g/mol. The van der Waals surface area contributed by atoms with Gasteiger partial charge in [0.05, 0.1) is 26.0 Å². The lowest BCUT2D eigenvalue weighted by Gasteiger charge is -2.18. The highest BCUT2D eigenvalue weighted by atomic mass is 16.5. The third-order valence-electron chi connectivity index (χ3n) is 4.04. The molecule has 0 radical (unpaired) electrons. The van der Waals surface area contributed by atoms with Crippen molar-refractivity contribution in [3.63, 3.8) is 0 Å². The van der Waals surface area contributed by atoms with E-state index in [0.717, 1.165) is 0 Å². The number of amides is 1. The molecule has 0 atom stereocenters.